The van der Waals surface area contributed by atoms with Gasteiger partial charge in [0, 0.05) is 31.7 Å². The molecule has 0 aromatic heterocycles. The lowest BCUT2D eigenvalue weighted by Crippen LogP contribution is -2.49. The Kier molecular flexibility index (Phi) is 5.41. The van der Waals surface area contributed by atoms with Crippen molar-refractivity contribution in [2.45, 2.75) is 25.8 Å². The molecule has 1 atom stereocenters. The maximum Gasteiger partial charge on any atom is 0.254 e. The molecular formula is C23H25N3O3. The smallest absolute Gasteiger partial charge is 0.254 e. The molecule has 150 valence electrons. The van der Waals surface area contributed by atoms with Gasteiger partial charge >= 0.3 is 0 Å². The number of carbonyl (C=O) groups excluding carboxylic acids is 1. The number of rotatable bonds is 4. The van der Waals surface area contributed by atoms with Gasteiger partial charge in [-0.1, -0.05) is 38.1 Å². The first-order valence-electron chi connectivity index (χ1n) is 9.99. The fraction of sp³-hybridized carbons (Fsp3) is 0.391. The van der Waals surface area contributed by atoms with Crippen molar-refractivity contribution >= 4 is 5.91 Å². The van der Waals surface area contributed by atoms with E-state index < -0.39 is 0 Å². The van der Waals surface area contributed by atoms with Gasteiger partial charge in [0.1, 0.15) is 6.04 Å². The summed E-state index contributed by atoms with van der Waals surface area (Å²) in [6, 6.07) is 15.7. The Bertz CT molecular complexity index is 925. The summed E-state index contributed by atoms with van der Waals surface area (Å²) in [6.07, 6.45) is 0. The normalized spacial score (nSPS) is 17.2. The molecule has 0 N–H and O–H groups in total. The Balaban J connectivity index is 1.40. The zero-order valence-corrected chi connectivity index (χ0v) is 16.8. The number of ether oxygens (including phenoxy) is 2. The Morgan fingerprint density at radius 3 is 2.28 bits per heavy atom. The Morgan fingerprint density at radius 1 is 0.966 bits per heavy atom. The zero-order valence-electron chi connectivity index (χ0n) is 16.8. The van der Waals surface area contributed by atoms with Gasteiger partial charge < -0.3 is 14.4 Å². The Labute approximate surface area is 171 Å². The molecule has 1 amide bonds. The van der Waals surface area contributed by atoms with Crippen molar-refractivity contribution in [3.63, 3.8) is 0 Å². The lowest BCUT2D eigenvalue weighted by Gasteiger charge is -2.37. The fourth-order valence-corrected chi connectivity index (χ4v) is 3.83. The summed E-state index contributed by atoms with van der Waals surface area (Å²) in [5.41, 5.74) is 2.88. The van der Waals surface area contributed by atoms with Gasteiger partial charge in [-0.25, -0.2) is 0 Å². The van der Waals surface area contributed by atoms with Crippen LogP contribution in [0.3, 0.4) is 0 Å². The van der Waals surface area contributed by atoms with Crippen LogP contribution >= 0.6 is 0 Å². The number of fused-ring (bicyclic) bond motifs is 1. The largest absolute Gasteiger partial charge is 0.454 e. The van der Waals surface area contributed by atoms with E-state index in [2.05, 4.69) is 36.9 Å². The van der Waals surface area contributed by atoms with Crippen LogP contribution < -0.4 is 9.47 Å². The lowest BCUT2D eigenvalue weighted by molar-refractivity contribution is 0.0606. The van der Waals surface area contributed by atoms with Crippen LogP contribution in [0.1, 0.15) is 47.3 Å². The van der Waals surface area contributed by atoms with Crippen molar-refractivity contribution in [1.82, 2.24) is 9.80 Å². The van der Waals surface area contributed by atoms with E-state index in [0.29, 0.717) is 49.2 Å². The summed E-state index contributed by atoms with van der Waals surface area (Å²) in [4.78, 5) is 16.8. The molecular weight excluding hydrogens is 366 g/mol. The van der Waals surface area contributed by atoms with Gasteiger partial charge in [-0.3, -0.25) is 9.69 Å². The fourth-order valence-electron chi connectivity index (χ4n) is 3.83. The molecule has 2 heterocycles. The Morgan fingerprint density at radius 2 is 1.62 bits per heavy atom. The molecule has 2 aromatic rings. The molecule has 6 heteroatoms. The van der Waals surface area contributed by atoms with Gasteiger partial charge in [-0.2, -0.15) is 5.26 Å². The lowest BCUT2D eigenvalue weighted by atomic mass is 9.98. The number of benzene rings is 2. The predicted molar refractivity (Wildman–Crippen MR) is 109 cm³/mol. The highest BCUT2D eigenvalue weighted by atomic mass is 16.7. The van der Waals surface area contributed by atoms with Crippen LogP contribution in [0.4, 0.5) is 0 Å². The van der Waals surface area contributed by atoms with Crippen LogP contribution in [0.15, 0.2) is 42.5 Å². The highest BCUT2D eigenvalue weighted by Gasteiger charge is 2.28. The van der Waals surface area contributed by atoms with E-state index in [1.54, 1.807) is 18.2 Å². The van der Waals surface area contributed by atoms with Gasteiger partial charge in [0.2, 0.25) is 6.79 Å². The summed E-state index contributed by atoms with van der Waals surface area (Å²) in [5, 5.41) is 9.75. The second kappa shape index (κ2) is 8.14. The van der Waals surface area contributed by atoms with E-state index >= 15 is 0 Å². The first kappa shape index (κ1) is 19.3. The van der Waals surface area contributed by atoms with Crippen molar-refractivity contribution in [1.29, 1.82) is 5.26 Å². The summed E-state index contributed by atoms with van der Waals surface area (Å²) in [6.45, 7) is 7.03. The molecule has 4 rings (SSSR count). The standard InChI is InChI=1S/C23H25N3O3/c1-16(2)17-3-5-18(6-4-17)20(14-24)25-9-11-26(12-10-25)23(27)19-7-8-21-22(13-19)29-15-28-21/h3-8,13,16,20H,9-12,15H2,1-2H3. The molecule has 29 heavy (non-hydrogen) atoms. The molecule has 2 aromatic carbocycles. The first-order chi connectivity index (χ1) is 14.1. The third-order valence-electron chi connectivity index (χ3n) is 5.63. The zero-order chi connectivity index (χ0) is 20.4. The molecule has 1 fully saturated rings. The summed E-state index contributed by atoms with van der Waals surface area (Å²) >= 11 is 0. The van der Waals surface area contributed by atoms with E-state index in [0.717, 1.165) is 5.56 Å². The van der Waals surface area contributed by atoms with Gasteiger partial charge in [0.25, 0.3) is 5.91 Å². The quantitative estimate of drug-likeness (QED) is 0.797. The van der Waals surface area contributed by atoms with E-state index in [9.17, 15) is 10.1 Å². The second-order valence-corrected chi connectivity index (χ2v) is 7.75. The van der Waals surface area contributed by atoms with E-state index in [4.69, 9.17) is 9.47 Å². The molecule has 2 aliphatic heterocycles. The minimum absolute atomic E-state index is 0.0160. The average molecular weight is 391 g/mol. The number of hydrogen-bond donors (Lipinski definition) is 0. The maximum absolute atomic E-state index is 12.9. The van der Waals surface area contributed by atoms with Gasteiger partial charge in [-0.05, 0) is 35.2 Å². The van der Waals surface area contributed by atoms with Gasteiger partial charge in [0.15, 0.2) is 11.5 Å². The van der Waals surface area contributed by atoms with Crippen LogP contribution in [0.5, 0.6) is 11.5 Å². The number of carbonyl (C=O) groups is 1. The molecule has 1 unspecified atom stereocenters. The molecule has 1 saturated heterocycles. The highest BCUT2D eigenvalue weighted by molar-refractivity contribution is 5.95. The van der Waals surface area contributed by atoms with Gasteiger partial charge in [-0.15, -0.1) is 0 Å². The molecule has 6 nitrogen and oxygen atoms in total. The third kappa shape index (κ3) is 3.92. The number of nitriles is 1. The summed E-state index contributed by atoms with van der Waals surface area (Å²) in [5.74, 6) is 1.74. The SMILES string of the molecule is CC(C)c1ccc(C(C#N)N2CCN(C(=O)c3ccc4c(c3)OCO4)CC2)cc1. The van der Waals surface area contributed by atoms with Gasteiger partial charge in [0.05, 0.1) is 6.07 Å². The summed E-state index contributed by atoms with van der Waals surface area (Å²) in [7, 11) is 0. The highest BCUT2D eigenvalue weighted by Crippen LogP contribution is 2.33. The van der Waals surface area contributed by atoms with Crippen LogP contribution in [0.2, 0.25) is 0 Å². The first-order valence-corrected chi connectivity index (χ1v) is 9.99. The second-order valence-electron chi connectivity index (χ2n) is 7.75. The van der Waals surface area contributed by atoms with Crippen molar-refractivity contribution in [3.8, 4) is 17.6 Å². The van der Waals surface area contributed by atoms with Crippen LogP contribution in [0.25, 0.3) is 0 Å². The molecule has 0 spiro atoms. The molecule has 0 aliphatic carbocycles. The van der Waals surface area contributed by atoms with Crippen molar-refractivity contribution in [2.75, 3.05) is 33.0 Å². The van der Waals surface area contributed by atoms with Crippen molar-refractivity contribution < 1.29 is 14.3 Å². The van der Waals surface area contributed by atoms with Crippen LogP contribution in [-0.4, -0.2) is 48.7 Å². The maximum atomic E-state index is 12.9. The Hall–Kier alpha value is -3.04. The predicted octanol–water partition coefficient (Wildman–Crippen LogP) is 3.56. The molecule has 0 saturated carbocycles. The average Bonchev–Trinajstić information content (AvgIpc) is 3.22. The minimum atomic E-state index is -0.293. The summed E-state index contributed by atoms with van der Waals surface area (Å²) < 4.78 is 10.7. The molecule has 0 bridgehead atoms. The third-order valence-corrected chi connectivity index (χ3v) is 5.63. The monoisotopic (exact) mass is 391 g/mol. The number of nitrogens with zero attached hydrogens (tertiary/aromatic N) is 3. The number of piperazine rings is 1. The molecule has 0 radical (unpaired) electrons. The topological polar surface area (TPSA) is 65.8 Å². The number of amides is 1. The van der Waals surface area contributed by atoms with Crippen LogP contribution in [-0.2, 0) is 0 Å². The number of hydrogen-bond acceptors (Lipinski definition) is 5. The van der Waals surface area contributed by atoms with Crippen molar-refractivity contribution in [2.24, 2.45) is 0 Å². The van der Waals surface area contributed by atoms with E-state index in [1.165, 1.54) is 5.56 Å². The van der Waals surface area contributed by atoms with E-state index in [-0.39, 0.29) is 18.7 Å². The van der Waals surface area contributed by atoms with Crippen LogP contribution in [0, 0.1) is 11.3 Å². The van der Waals surface area contributed by atoms with E-state index in [1.807, 2.05) is 17.0 Å². The molecule has 2 aliphatic rings. The van der Waals surface area contributed by atoms with Crippen molar-refractivity contribution in [3.05, 3.63) is 59.2 Å². The minimum Gasteiger partial charge on any atom is -0.454 e.